The molecule has 2 rings (SSSR count). The molecule has 0 unspecified atom stereocenters. The Labute approximate surface area is 131 Å². The van der Waals surface area contributed by atoms with Gasteiger partial charge in [-0.25, -0.2) is 4.79 Å². The second kappa shape index (κ2) is 7.17. The van der Waals surface area contributed by atoms with Crippen LogP contribution in [-0.4, -0.2) is 27.9 Å². The van der Waals surface area contributed by atoms with Crippen molar-refractivity contribution in [2.45, 2.75) is 12.5 Å². The maximum Gasteiger partial charge on any atom is 0.326 e. The Morgan fingerprint density at radius 1 is 1.09 bits per heavy atom. The highest BCUT2D eigenvalue weighted by Gasteiger charge is 2.21. The molecule has 118 valence electrons. The number of amides is 1. The van der Waals surface area contributed by atoms with Gasteiger partial charge >= 0.3 is 5.97 Å². The topological polar surface area (TPSA) is 110 Å². The molecule has 23 heavy (non-hydrogen) atoms. The molecule has 2 aromatic carbocycles. The van der Waals surface area contributed by atoms with Gasteiger partial charge in [-0.3, -0.25) is 14.9 Å². The van der Waals surface area contributed by atoms with Gasteiger partial charge in [0.15, 0.2) is 0 Å². The van der Waals surface area contributed by atoms with Gasteiger partial charge in [0.1, 0.15) is 6.04 Å². The monoisotopic (exact) mass is 314 g/mol. The Morgan fingerprint density at radius 2 is 1.70 bits per heavy atom. The zero-order valence-electron chi connectivity index (χ0n) is 12.0. The van der Waals surface area contributed by atoms with Crippen molar-refractivity contribution < 1.29 is 19.6 Å². The minimum Gasteiger partial charge on any atom is -0.480 e. The van der Waals surface area contributed by atoms with Crippen molar-refractivity contribution in [3.63, 3.8) is 0 Å². The molecule has 0 aliphatic rings. The largest absolute Gasteiger partial charge is 0.480 e. The van der Waals surface area contributed by atoms with Crippen molar-refractivity contribution in [2.75, 3.05) is 0 Å². The Morgan fingerprint density at radius 3 is 2.22 bits per heavy atom. The molecule has 0 saturated heterocycles. The molecule has 0 fully saturated rings. The molecule has 0 aliphatic heterocycles. The van der Waals surface area contributed by atoms with Crippen LogP contribution < -0.4 is 5.32 Å². The van der Waals surface area contributed by atoms with Crippen molar-refractivity contribution in [2.24, 2.45) is 0 Å². The van der Waals surface area contributed by atoms with Crippen LogP contribution in [0.2, 0.25) is 0 Å². The molecule has 1 amide bonds. The van der Waals surface area contributed by atoms with Gasteiger partial charge < -0.3 is 10.4 Å². The standard InChI is InChI=1S/C16H14N2O5/c19-15(12-4-2-1-3-5-12)17-14(16(20)21)10-11-6-8-13(9-7-11)18(22)23/h1-9,14H,10H2,(H,17,19)(H,20,21)/t14-/m1/s1. The van der Waals surface area contributed by atoms with Crippen molar-refractivity contribution in [1.82, 2.24) is 5.32 Å². The number of nitro benzene ring substituents is 1. The maximum absolute atomic E-state index is 12.0. The van der Waals surface area contributed by atoms with Crippen LogP contribution in [-0.2, 0) is 11.2 Å². The number of rotatable bonds is 6. The van der Waals surface area contributed by atoms with Crippen molar-refractivity contribution in [3.05, 3.63) is 75.8 Å². The average molecular weight is 314 g/mol. The van der Waals surface area contributed by atoms with Gasteiger partial charge in [0, 0.05) is 24.1 Å². The van der Waals surface area contributed by atoms with Gasteiger partial charge in [-0.05, 0) is 17.7 Å². The van der Waals surface area contributed by atoms with Gasteiger partial charge in [0.25, 0.3) is 11.6 Å². The summed E-state index contributed by atoms with van der Waals surface area (Å²) in [4.78, 5) is 33.4. The van der Waals surface area contributed by atoms with E-state index in [1.54, 1.807) is 30.3 Å². The number of benzene rings is 2. The summed E-state index contributed by atoms with van der Waals surface area (Å²) in [7, 11) is 0. The van der Waals surface area contributed by atoms with Crippen molar-refractivity contribution in [3.8, 4) is 0 Å². The number of hydrogen-bond acceptors (Lipinski definition) is 4. The van der Waals surface area contributed by atoms with Crippen LogP contribution in [0.5, 0.6) is 0 Å². The van der Waals surface area contributed by atoms with E-state index in [1.807, 2.05) is 0 Å². The number of aliphatic carboxylic acids is 1. The van der Waals surface area contributed by atoms with Gasteiger partial charge in [0.05, 0.1) is 4.92 Å². The highest BCUT2D eigenvalue weighted by atomic mass is 16.6. The quantitative estimate of drug-likeness (QED) is 0.626. The van der Waals surface area contributed by atoms with E-state index in [9.17, 15) is 24.8 Å². The Kier molecular flexibility index (Phi) is 5.03. The molecule has 0 bridgehead atoms. The van der Waals surface area contributed by atoms with E-state index < -0.39 is 22.8 Å². The van der Waals surface area contributed by atoms with Crippen LogP contribution in [0.15, 0.2) is 54.6 Å². The fourth-order valence-electron chi connectivity index (χ4n) is 2.02. The number of carboxylic acids is 1. The normalized spacial score (nSPS) is 11.5. The first-order valence-electron chi connectivity index (χ1n) is 6.79. The minimum atomic E-state index is -1.17. The fraction of sp³-hybridized carbons (Fsp3) is 0.125. The number of carbonyl (C=O) groups excluding carboxylic acids is 1. The van der Waals surface area contributed by atoms with Gasteiger partial charge in [-0.15, -0.1) is 0 Å². The predicted octanol–water partition coefficient (Wildman–Crippen LogP) is 2.02. The fourth-order valence-corrected chi connectivity index (χ4v) is 2.02. The number of nitro groups is 1. The minimum absolute atomic E-state index is 0.0336. The molecular weight excluding hydrogens is 300 g/mol. The summed E-state index contributed by atoms with van der Waals surface area (Å²) >= 11 is 0. The van der Waals surface area contributed by atoms with Crippen LogP contribution in [0.4, 0.5) is 5.69 Å². The molecule has 0 aliphatic carbocycles. The first kappa shape index (κ1) is 16.2. The number of nitrogens with one attached hydrogen (secondary N) is 1. The van der Waals surface area contributed by atoms with Crippen LogP contribution in [0, 0.1) is 10.1 Å². The number of hydrogen-bond donors (Lipinski definition) is 2. The zero-order chi connectivity index (χ0) is 16.8. The van der Waals surface area contributed by atoms with E-state index >= 15 is 0 Å². The molecular formula is C16H14N2O5. The van der Waals surface area contributed by atoms with E-state index in [0.717, 1.165) is 0 Å². The summed E-state index contributed by atoms with van der Waals surface area (Å²) in [6.07, 6.45) is 0.0336. The molecule has 0 spiro atoms. The lowest BCUT2D eigenvalue weighted by molar-refractivity contribution is -0.384. The number of non-ortho nitro benzene ring substituents is 1. The smallest absolute Gasteiger partial charge is 0.326 e. The summed E-state index contributed by atoms with van der Waals surface area (Å²) in [5.41, 5.74) is 0.868. The van der Waals surface area contributed by atoms with Crippen molar-refractivity contribution in [1.29, 1.82) is 0 Å². The van der Waals surface area contributed by atoms with E-state index in [-0.39, 0.29) is 12.1 Å². The Hall–Kier alpha value is -3.22. The summed E-state index contributed by atoms with van der Waals surface area (Å²) < 4.78 is 0. The third-order valence-corrected chi connectivity index (χ3v) is 3.23. The van der Waals surface area contributed by atoms with E-state index in [0.29, 0.717) is 11.1 Å². The molecule has 0 aromatic heterocycles. The maximum atomic E-state index is 12.0. The highest BCUT2D eigenvalue weighted by Crippen LogP contribution is 2.13. The zero-order valence-corrected chi connectivity index (χ0v) is 12.0. The average Bonchev–Trinajstić information content (AvgIpc) is 2.55. The second-order valence-electron chi connectivity index (χ2n) is 4.86. The third kappa shape index (κ3) is 4.37. The first-order chi connectivity index (χ1) is 11.0. The van der Waals surface area contributed by atoms with E-state index in [1.165, 1.54) is 24.3 Å². The van der Waals surface area contributed by atoms with Crippen LogP contribution in [0.3, 0.4) is 0 Å². The first-order valence-corrected chi connectivity index (χ1v) is 6.79. The molecule has 0 saturated carbocycles. The molecule has 0 heterocycles. The Balaban J connectivity index is 2.08. The van der Waals surface area contributed by atoms with Gasteiger partial charge in [-0.2, -0.15) is 0 Å². The number of carboxylic acid groups (broad SMARTS) is 1. The summed E-state index contributed by atoms with van der Waals surface area (Å²) in [5, 5.41) is 22.3. The SMILES string of the molecule is O=C(N[C@H](Cc1ccc([N+](=O)[O-])cc1)C(=O)O)c1ccccc1. The van der Waals surface area contributed by atoms with Crippen molar-refractivity contribution >= 4 is 17.6 Å². The molecule has 1 atom stereocenters. The lowest BCUT2D eigenvalue weighted by Gasteiger charge is -2.14. The van der Waals surface area contributed by atoms with Gasteiger partial charge in [0.2, 0.25) is 0 Å². The van der Waals surface area contributed by atoms with E-state index in [2.05, 4.69) is 5.32 Å². The van der Waals surface area contributed by atoms with E-state index in [4.69, 9.17) is 0 Å². The molecule has 2 N–H and O–H groups in total. The molecule has 0 radical (unpaired) electrons. The number of nitrogens with zero attached hydrogens (tertiary/aromatic N) is 1. The Bertz CT molecular complexity index is 713. The summed E-state index contributed by atoms with van der Waals surface area (Å²) in [6, 6.07) is 12.7. The lowest BCUT2D eigenvalue weighted by atomic mass is 10.0. The second-order valence-corrected chi connectivity index (χ2v) is 4.86. The third-order valence-electron chi connectivity index (χ3n) is 3.23. The summed E-state index contributed by atoms with van der Waals surface area (Å²) in [5.74, 6) is -1.66. The molecule has 2 aromatic rings. The molecule has 7 heteroatoms. The number of carbonyl (C=O) groups is 2. The van der Waals surface area contributed by atoms with Crippen LogP contribution in [0.25, 0.3) is 0 Å². The predicted molar refractivity (Wildman–Crippen MR) is 82.1 cm³/mol. The van der Waals surface area contributed by atoms with Gasteiger partial charge in [-0.1, -0.05) is 30.3 Å². The van der Waals surface area contributed by atoms with Crippen LogP contribution in [0.1, 0.15) is 15.9 Å². The summed E-state index contributed by atoms with van der Waals surface area (Å²) in [6.45, 7) is 0. The lowest BCUT2D eigenvalue weighted by Crippen LogP contribution is -2.42. The van der Waals surface area contributed by atoms with Crippen LogP contribution >= 0.6 is 0 Å². The highest BCUT2D eigenvalue weighted by molar-refractivity contribution is 5.96. The molecule has 7 nitrogen and oxygen atoms in total.